The Morgan fingerprint density at radius 3 is 1.57 bits per heavy atom. The summed E-state index contributed by atoms with van der Waals surface area (Å²) in [6.07, 6.45) is -7.65. The molecule has 0 aliphatic rings. The molecule has 0 saturated carbocycles. The van der Waals surface area contributed by atoms with Gasteiger partial charge in [0.2, 0.25) is 0 Å². The molecule has 0 fully saturated rings. The fraction of sp³-hybridized carbons (Fsp3) is 1.00. The number of rotatable bonds is 7. The number of hydrogen-bond donors (Lipinski definition) is 0. The second-order valence-corrected chi connectivity index (χ2v) is 7.65. The van der Waals surface area contributed by atoms with Gasteiger partial charge < -0.3 is 0 Å². The lowest BCUT2D eigenvalue weighted by Crippen LogP contribution is -2.61. The van der Waals surface area contributed by atoms with Gasteiger partial charge in [0.05, 0.1) is 0 Å². The topological polar surface area (TPSA) is 0 Å². The number of halogens is 10. The molecule has 0 aliphatic carbocycles. The molecular weight excluding hydrogens is 430 g/mol. The molecule has 0 aliphatic heterocycles. The zero-order valence-electron chi connectivity index (χ0n) is 11.1. The Kier molecular flexibility index (Phi) is 6.34. The van der Waals surface area contributed by atoms with Crippen molar-refractivity contribution >= 4 is 22.6 Å². The van der Waals surface area contributed by atoms with E-state index in [4.69, 9.17) is 0 Å². The van der Waals surface area contributed by atoms with E-state index in [0.29, 0.717) is 12.8 Å². The molecule has 0 aromatic heterocycles. The average molecular weight is 444 g/mol. The van der Waals surface area contributed by atoms with E-state index >= 15 is 0 Å². The van der Waals surface area contributed by atoms with E-state index in [0.717, 1.165) is 6.92 Å². The third kappa shape index (κ3) is 4.54. The minimum atomic E-state index is -6.80. The van der Waals surface area contributed by atoms with Crippen molar-refractivity contribution in [2.24, 2.45) is 0 Å². The van der Waals surface area contributed by atoms with Gasteiger partial charge in [-0.1, -0.05) is 49.3 Å². The minimum absolute atomic E-state index is 0.00663. The summed E-state index contributed by atoms with van der Waals surface area (Å²) in [5, 5.41) is 0. The molecule has 0 bridgehead atoms. The summed E-state index contributed by atoms with van der Waals surface area (Å²) < 4.78 is 113. The quantitative estimate of drug-likeness (QED) is 0.248. The molecule has 0 amide bonds. The van der Waals surface area contributed by atoms with Crippen molar-refractivity contribution in [3.8, 4) is 0 Å². The molecule has 0 radical (unpaired) electrons. The Morgan fingerprint density at radius 2 is 1.24 bits per heavy atom. The van der Waals surface area contributed by atoms with Crippen molar-refractivity contribution in [1.82, 2.24) is 0 Å². The molecular formula is C11H14F9I. The van der Waals surface area contributed by atoms with Gasteiger partial charge in [-0.15, -0.1) is 0 Å². The van der Waals surface area contributed by atoms with E-state index in [1.807, 2.05) is 0 Å². The average Bonchev–Trinajstić information content (AvgIpc) is 2.22. The zero-order chi connectivity index (χ0) is 17.3. The maximum Gasteiger partial charge on any atom is 0.460 e. The third-order valence-electron chi connectivity index (χ3n) is 2.85. The molecule has 0 nitrogen and oxygen atoms in total. The van der Waals surface area contributed by atoms with E-state index in [2.05, 4.69) is 0 Å². The molecule has 1 unspecified atom stereocenters. The van der Waals surface area contributed by atoms with Crippen LogP contribution in [0.1, 0.15) is 39.5 Å². The van der Waals surface area contributed by atoms with Gasteiger partial charge >= 0.3 is 23.9 Å². The first kappa shape index (κ1) is 21.1. The summed E-state index contributed by atoms with van der Waals surface area (Å²) in [4.78, 5) is 0. The second-order valence-electron chi connectivity index (χ2n) is 5.04. The van der Waals surface area contributed by atoms with Gasteiger partial charge in [-0.3, -0.25) is 0 Å². The summed E-state index contributed by atoms with van der Waals surface area (Å²) in [7, 11) is 0. The molecule has 1 atom stereocenters. The fourth-order valence-corrected chi connectivity index (χ4v) is 2.48. The first-order valence-electron chi connectivity index (χ1n) is 5.91. The summed E-state index contributed by atoms with van der Waals surface area (Å²) >= 11 is 1.37. The van der Waals surface area contributed by atoms with Crippen LogP contribution in [0.2, 0.25) is 0 Å². The lowest BCUT2D eigenvalue weighted by molar-refractivity contribution is -0.397. The van der Waals surface area contributed by atoms with Gasteiger partial charge in [0.1, 0.15) is 0 Å². The van der Waals surface area contributed by atoms with Crippen LogP contribution in [-0.4, -0.2) is 27.4 Å². The molecule has 128 valence electrons. The first-order chi connectivity index (χ1) is 9.02. The molecule has 0 rings (SSSR count). The smallest absolute Gasteiger partial charge is 0.200 e. The van der Waals surface area contributed by atoms with E-state index < -0.39 is 33.8 Å². The highest BCUT2D eigenvalue weighted by molar-refractivity contribution is 14.1. The zero-order valence-corrected chi connectivity index (χ0v) is 13.3. The van der Waals surface area contributed by atoms with Gasteiger partial charge in [-0.25, -0.2) is 0 Å². The molecule has 0 aromatic rings. The van der Waals surface area contributed by atoms with Crippen molar-refractivity contribution < 1.29 is 39.5 Å². The molecule has 0 spiro atoms. The van der Waals surface area contributed by atoms with Crippen LogP contribution < -0.4 is 0 Å². The Labute approximate surface area is 129 Å². The van der Waals surface area contributed by atoms with Gasteiger partial charge in [0.15, 0.2) is 0 Å². The highest BCUT2D eigenvalue weighted by Gasteiger charge is 2.81. The fourth-order valence-electron chi connectivity index (χ4n) is 1.62. The molecule has 0 heterocycles. The van der Waals surface area contributed by atoms with Crippen LogP contribution in [0.15, 0.2) is 0 Å². The van der Waals surface area contributed by atoms with Crippen LogP contribution in [0.4, 0.5) is 39.5 Å². The van der Waals surface area contributed by atoms with Crippen molar-refractivity contribution in [2.75, 3.05) is 0 Å². The number of hydrogen-bond acceptors (Lipinski definition) is 0. The van der Waals surface area contributed by atoms with Crippen LogP contribution in [0.3, 0.4) is 0 Å². The van der Waals surface area contributed by atoms with Gasteiger partial charge in [-0.2, -0.15) is 39.5 Å². The third-order valence-corrected chi connectivity index (χ3v) is 3.77. The van der Waals surface area contributed by atoms with E-state index in [1.54, 1.807) is 6.92 Å². The maximum absolute atomic E-state index is 13.4. The standard InChI is InChI=1S/C11H14F9I/c1-3-4-5-7(2,21)6-8(12,13)9(14,15)10(16,17)11(18,19)20/h3-6H2,1-2H3. The van der Waals surface area contributed by atoms with Crippen molar-refractivity contribution in [3.63, 3.8) is 0 Å². The van der Waals surface area contributed by atoms with Crippen LogP contribution in [0, 0.1) is 0 Å². The van der Waals surface area contributed by atoms with Crippen LogP contribution in [0.25, 0.3) is 0 Å². The molecule has 10 heteroatoms. The molecule has 21 heavy (non-hydrogen) atoms. The highest BCUT2D eigenvalue weighted by Crippen LogP contribution is 2.55. The predicted octanol–water partition coefficient (Wildman–Crippen LogP) is 6.23. The van der Waals surface area contributed by atoms with E-state index in [1.165, 1.54) is 22.6 Å². The largest absolute Gasteiger partial charge is 0.460 e. The Morgan fingerprint density at radius 1 is 0.810 bits per heavy atom. The Balaban J connectivity index is 5.39. The number of alkyl halides is 10. The SMILES string of the molecule is CCCCC(C)(I)CC(F)(F)C(F)(F)C(F)(F)C(F)(F)F. The lowest BCUT2D eigenvalue weighted by atomic mass is 9.91. The summed E-state index contributed by atoms with van der Waals surface area (Å²) in [5.41, 5.74) is 0. The van der Waals surface area contributed by atoms with Crippen LogP contribution in [0.5, 0.6) is 0 Å². The van der Waals surface area contributed by atoms with Crippen molar-refractivity contribution in [2.45, 2.75) is 66.9 Å². The number of unbranched alkanes of at least 4 members (excludes halogenated alkanes) is 1. The van der Waals surface area contributed by atoms with Gasteiger partial charge in [0, 0.05) is 9.84 Å². The molecule has 0 N–H and O–H groups in total. The lowest BCUT2D eigenvalue weighted by Gasteiger charge is -2.37. The summed E-state index contributed by atoms with van der Waals surface area (Å²) in [6.45, 7) is 2.80. The predicted molar refractivity (Wildman–Crippen MR) is 67.5 cm³/mol. The van der Waals surface area contributed by atoms with E-state index in [-0.39, 0.29) is 6.42 Å². The van der Waals surface area contributed by atoms with E-state index in [9.17, 15) is 39.5 Å². The van der Waals surface area contributed by atoms with Gasteiger partial charge in [0.25, 0.3) is 0 Å². The van der Waals surface area contributed by atoms with Crippen LogP contribution >= 0.6 is 22.6 Å². The van der Waals surface area contributed by atoms with Gasteiger partial charge in [-0.05, 0) is 6.42 Å². The second kappa shape index (κ2) is 6.31. The summed E-state index contributed by atoms with van der Waals surface area (Å²) in [6, 6.07) is 0. The van der Waals surface area contributed by atoms with Crippen LogP contribution in [-0.2, 0) is 0 Å². The monoisotopic (exact) mass is 444 g/mol. The normalized spacial score (nSPS) is 17.7. The Hall–Kier alpha value is 0.1000. The highest BCUT2D eigenvalue weighted by atomic mass is 127. The molecule has 0 aromatic carbocycles. The minimum Gasteiger partial charge on any atom is -0.200 e. The molecule has 0 saturated heterocycles. The Bertz CT molecular complexity index is 346. The first-order valence-corrected chi connectivity index (χ1v) is 6.99. The van der Waals surface area contributed by atoms with Crippen molar-refractivity contribution in [1.29, 1.82) is 0 Å². The maximum atomic E-state index is 13.4. The van der Waals surface area contributed by atoms with Crippen molar-refractivity contribution in [3.05, 3.63) is 0 Å². The summed E-state index contributed by atoms with van der Waals surface area (Å²) in [5.74, 6) is -18.8.